The van der Waals surface area contributed by atoms with Gasteiger partial charge < -0.3 is 24.8 Å². The molecule has 3 amide bonds. The van der Waals surface area contributed by atoms with Crippen LogP contribution in [0.2, 0.25) is 5.02 Å². The van der Waals surface area contributed by atoms with E-state index in [0.29, 0.717) is 56.3 Å². The van der Waals surface area contributed by atoms with Crippen molar-refractivity contribution in [2.24, 2.45) is 5.92 Å². The number of nitrogens with zero attached hydrogens (tertiary/aromatic N) is 3. The van der Waals surface area contributed by atoms with Crippen molar-refractivity contribution in [3.05, 3.63) is 71.5 Å². The molecule has 0 saturated carbocycles. The molecular formula is C31H38ClN5O4. The third-order valence-electron chi connectivity index (χ3n) is 6.86. The number of benzene rings is 2. The third kappa shape index (κ3) is 9.08. The van der Waals surface area contributed by atoms with Crippen molar-refractivity contribution in [3.63, 3.8) is 0 Å². The van der Waals surface area contributed by atoms with Crippen LogP contribution in [0.5, 0.6) is 5.75 Å². The zero-order valence-corrected chi connectivity index (χ0v) is 24.4. The molecule has 0 fully saturated rings. The van der Waals surface area contributed by atoms with Crippen molar-refractivity contribution in [2.45, 2.75) is 52.1 Å². The second kappa shape index (κ2) is 14.7. The lowest BCUT2D eigenvalue weighted by molar-refractivity contribution is -0.137. The highest BCUT2D eigenvalue weighted by Gasteiger charge is 2.24. The zero-order chi connectivity index (χ0) is 29.2. The summed E-state index contributed by atoms with van der Waals surface area (Å²) in [5.74, 6) is 0.892. The molecule has 0 unspecified atom stereocenters. The van der Waals surface area contributed by atoms with Crippen molar-refractivity contribution in [1.82, 2.24) is 25.1 Å². The Morgan fingerprint density at radius 1 is 1.15 bits per heavy atom. The first-order valence-electron chi connectivity index (χ1n) is 14.1. The minimum Gasteiger partial charge on any atom is -0.494 e. The highest BCUT2D eigenvalue weighted by atomic mass is 35.5. The fourth-order valence-electron chi connectivity index (χ4n) is 4.85. The summed E-state index contributed by atoms with van der Waals surface area (Å²) in [6.45, 7) is 5.47. The van der Waals surface area contributed by atoms with Gasteiger partial charge in [0.15, 0.2) is 0 Å². The van der Waals surface area contributed by atoms with E-state index in [0.717, 1.165) is 17.0 Å². The molecule has 0 aliphatic carbocycles. The second-order valence-corrected chi connectivity index (χ2v) is 11.1. The normalized spacial score (nSPS) is 17.1. The Labute approximate surface area is 246 Å². The van der Waals surface area contributed by atoms with Gasteiger partial charge in [-0.1, -0.05) is 49.7 Å². The molecule has 1 aromatic heterocycles. The number of halogens is 1. The van der Waals surface area contributed by atoms with Crippen LogP contribution in [-0.4, -0.2) is 64.5 Å². The van der Waals surface area contributed by atoms with E-state index in [9.17, 15) is 14.4 Å². The molecule has 9 nitrogen and oxygen atoms in total. The number of aryl methyl sites for hydroxylation is 1. The molecule has 3 aromatic rings. The van der Waals surface area contributed by atoms with E-state index in [1.165, 1.54) is 0 Å². The van der Waals surface area contributed by atoms with Gasteiger partial charge in [0.05, 0.1) is 13.2 Å². The number of carbonyl (C=O) groups is 3. The summed E-state index contributed by atoms with van der Waals surface area (Å²) in [5, 5.41) is 6.45. The molecule has 10 heteroatoms. The Balaban J connectivity index is 1.52. The van der Waals surface area contributed by atoms with Crippen molar-refractivity contribution in [1.29, 1.82) is 0 Å². The van der Waals surface area contributed by atoms with Gasteiger partial charge in [-0.3, -0.25) is 14.4 Å². The van der Waals surface area contributed by atoms with Crippen molar-refractivity contribution in [3.8, 4) is 17.1 Å². The minimum atomic E-state index is -0.702. The maximum Gasteiger partial charge on any atom is 0.242 e. The molecule has 2 heterocycles. The maximum absolute atomic E-state index is 13.3. The molecule has 1 aliphatic heterocycles. The molecule has 0 spiro atoms. The van der Waals surface area contributed by atoms with Gasteiger partial charge in [0.1, 0.15) is 17.6 Å². The van der Waals surface area contributed by atoms with Crippen molar-refractivity contribution in [2.75, 3.05) is 26.2 Å². The summed E-state index contributed by atoms with van der Waals surface area (Å²) < 4.78 is 7.99. The van der Waals surface area contributed by atoms with E-state index in [-0.39, 0.29) is 36.6 Å². The first kappa shape index (κ1) is 30.1. The Kier molecular flexibility index (Phi) is 10.8. The molecule has 4 rings (SSSR count). The van der Waals surface area contributed by atoms with Crippen LogP contribution < -0.4 is 15.4 Å². The van der Waals surface area contributed by atoms with E-state index >= 15 is 0 Å². The topological polar surface area (TPSA) is 106 Å². The summed E-state index contributed by atoms with van der Waals surface area (Å²) in [7, 11) is 0. The fourth-order valence-corrected chi connectivity index (χ4v) is 5.07. The summed E-state index contributed by atoms with van der Waals surface area (Å²) in [6, 6.07) is 14.4. The third-order valence-corrected chi connectivity index (χ3v) is 7.10. The highest BCUT2D eigenvalue weighted by Crippen LogP contribution is 2.23. The van der Waals surface area contributed by atoms with Gasteiger partial charge in [0, 0.05) is 49.0 Å². The lowest BCUT2D eigenvalue weighted by Crippen LogP contribution is -2.51. The number of amides is 3. The largest absolute Gasteiger partial charge is 0.494 e. The molecule has 0 saturated heterocycles. The average Bonchev–Trinajstić information content (AvgIpc) is 3.41. The predicted octanol–water partition coefficient (Wildman–Crippen LogP) is 4.09. The Morgan fingerprint density at radius 2 is 1.98 bits per heavy atom. The van der Waals surface area contributed by atoms with Gasteiger partial charge in [-0.05, 0) is 55.0 Å². The first-order valence-corrected chi connectivity index (χ1v) is 14.5. The minimum absolute atomic E-state index is 0.135. The van der Waals surface area contributed by atoms with Crippen LogP contribution >= 0.6 is 11.6 Å². The number of carbonyl (C=O) groups excluding carboxylic acids is 3. The molecule has 1 atom stereocenters. The first-order chi connectivity index (χ1) is 19.8. The Hall–Kier alpha value is -3.85. The van der Waals surface area contributed by atoms with Crippen LogP contribution in [0.3, 0.4) is 0 Å². The molecule has 2 bridgehead atoms. The molecule has 2 aromatic carbocycles. The van der Waals surface area contributed by atoms with Gasteiger partial charge >= 0.3 is 0 Å². The SMILES string of the molecule is CC(C)C[C@H]1NC(=O)CN(C(=O)CCc2cccc(Cl)c2)CCCOc2cccc(c2)-c2nccn2CCNC1=O. The number of fused-ring (bicyclic) bond motifs is 4. The van der Waals surface area contributed by atoms with E-state index in [2.05, 4.69) is 15.6 Å². The van der Waals surface area contributed by atoms with Gasteiger partial charge in [-0.2, -0.15) is 0 Å². The summed E-state index contributed by atoms with van der Waals surface area (Å²) in [6.07, 6.45) is 5.36. The quantitative estimate of drug-likeness (QED) is 0.474. The number of aromatic nitrogens is 2. The molecule has 1 aliphatic rings. The lowest BCUT2D eigenvalue weighted by Gasteiger charge is -2.25. The van der Waals surface area contributed by atoms with E-state index < -0.39 is 6.04 Å². The smallest absolute Gasteiger partial charge is 0.242 e. The van der Waals surface area contributed by atoms with Gasteiger partial charge in [0.2, 0.25) is 17.7 Å². The van der Waals surface area contributed by atoms with Crippen molar-refractivity contribution < 1.29 is 19.1 Å². The lowest BCUT2D eigenvalue weighted by atomic mass is 10.0. The van der Waals surface area contributed by atoms with Crippen LogP contribution in [0.25, 0.3) is 11.4 Å². The highest BCUT2D eigenvalue weighted by molar-refractivity contribution is 6.30. The molecule has 2 N–H and O–H groups in total. The molecule has 218 valence electrons. The Bertz CT molecular complexity index is 1340. The number of imidazole rings is 1. The predicted molar refractivity (Wildman–Crippen MR) is 159 cm³/mol. The van der Waals surface area contributed by atoms with E-state index in [4.69, 9.17) is 16.3 Å². The van der Waals surface area contributed by atoms with Gasteiger partial charge in [-0.25, -0.2) is 4.98 Å². The molecular weight excluding hydrogens is 542 g/mol. The average molecular weight is 580 g/mol. The monoisotopic (exact) mass is 579 g/mol. The summed E-state index contributed by atoms with van der Waals surface area (Å²) >= 11 is 6.10. The van der Waals surface area contributed by atoms with E-state index in [1.807, 2.05) is 67.1 Å². The van der Waals surface area contributed by atoms with Crippen LogP contribution in [0.4, 0.5) is 0 Å². The van der Waals surface area contributed by atoms with Crippen LogP contribution in [0, 0.1) is 5.92 Å². The number of rotatable bonds is 5. The van der Waals surface area contributed by atoms with Gasteiger partial charge in [0.25, 0.3) is 0 Å². The second-order valence-electron chi connectivity index (χ2n) is 10.7. The van der Waals surface area contributed by atoms with Crippen LogP contribution in [0.1, 0.15) is 38.7 Å². The summed E-state index contributed by atoms with van der Waals surface area (Å²) in [4.78, 5) is 45.6. The maximum atomic E-state index is 13.3. The number of hydrogen-bond donors (Lipinski definition) is 2. The molecule has 41 heavy (non-hydrogen) atoms. The van der Waals surface area contributed by atoms with Crippen LogP contribution in [-0.2, 0) is 27.3 Å². The number of hydrogen-bond acceptors (Lipinski definition) is 5. The van der Waals surface area contributed by atoms with Gasteiger partial charge in [-0.15, -0.1) is 0 Å². The van der Waals surface area contributed by atoms with Crippen LogP contribution in [0.15, 0.2) is 60.9 Å². The number of ether oxygens (including phenoxy) is 1. The summed E-state index contributed by atoms with van der Waals surface area (Å²) in [5.41, 5.74) is 1.86. The standard InChI is InChI=1S/C31H38ClN5O4/c1-22(2)18-27-31(40)34-13-16-36-15-12-33-30(36)24-7-4-9-26(20-24)41-17-5-14-37(21-28(38)35-27)29(39)11-10-23-6-3-8-25(32)19-23/h3-4,6-9,12,15,19-20,22,27H,5,10-11,13-14,16-18,21H2,1-2H3,(H,34,40)(H,35,38)/t27-/m1/s1. The molecule has 0 radical (unpaired) electrons. The fraction of sp³-hybridized carbons (Fsp3) is 0.419. The van der Waals surface area contributed by atoms with Crippen molar-refractivity contribution >= 4 is 29.3 Å². The Morgan fingerprint density at radius 3 is 2.78 bits per heavy atom. The number of nitrogens with one attached hydrogen (secondary N) is 2. The zero-order valence-electron chi connectivity index (χ0n) is 23.6. The van der Waals surface area contributed by atoms with E-state index in [1.54, 1.807) is 17.2 Å².